The summed E-state index contributed by atoms with van der Waals surface area (Å²) >= 11 is 0. The molecule has 2 aromatic heterocycles. The molecule has 1 unspecified atom stereocenters. The molecule has 0 fully saturated rings. The number of aryl methyl sites for hydroxylation is 1. The van der Waals surface area contributed by atoms with Gasteiger partial charge in [0, 0.05) is 24.4 Å². The number of esters is 1. The predicted molar refractivity (Wildman–Crippen MR) is 171 cm³/mol. The predicted octanol–water partition coefficient (Wildman–Crippen LogP) is 4.23. The number of benzene rings is 2. The monoisotopic (exact) mass is 645 g/mol. The highest BCUT2D eigenvalue weighted by Crippen LogP contribution is 2.28. The Morgan fingerprint density at radius 1 is 1.06 bits per heavy atom. The molecule has 0 radical (unpaired) electrons. The van der Waals surface area contributed by atoms with E-state index in [0.29, 0.717) is 23.2 Å². The molecule has 2 aromatic carbocycles. The smallest absolute Gasteiger partial charge is 0.423 e. The second-order valence-corrected chi connectivity index (χ2v) is 10.3. The number of rotatable bonds is 11. The van der Waals surface area contributed by atoms with Crippen molar-refractivity contribution in [3.05, 3.63) is 94.5 Å². The first-order chi connectivity index (χ1) is 22.5. The van der Waals surface area contributed by atoms with Crippen molar-refractivity contribution in [3.8, 4) is 5.75 Å². The average Bonchev–Trinajstić information content (AvgIpc) is 3.69. The highest BCUT2D eigenvalue weighted by atomic mass is 16.7. The summed E-state index contributed by atoms with van der Waals surface area (Å²) in [6.45, 7) is 6.57. The molecule has 0 saturated heterocycles. The Morgan fingerprint density at radius 3 is 2.45 bits per heavy atom. The zero-order chi connectivity index (χ0) is 34.1. The number of aromatic nitrogens is 2. The molecule has 4 aromatic rings. The van der Waals surface area contributed by atoms with Gasteiger partial charge in [-0.15, -0.1) is 0 Å². The van der Waals surface area contributed by atoms with Crippen LogP contribution in [-0.2, 0) is 9.47 Å². The summed E-state index contributed by atoms with van der Waals surface area (Å²) < 4.78 is 15.3. The fraction of sp³-hybridized carbons (Fsp3) is 0.250. The third-order valence-corrected chi connectivity index (χ3v) is 6.73. The second kappa shape index (κ2) is 15.4. The molecule has 15 nitrogen and oxygen atoms in total. The number of nitrogens with one attached hydrogen (secondary N) is 3. The van der Waals surface area contributed by atoms with E-state index >= 15 is 0 Å². The maximum atomic E-state index is 13.9. The van der Waals surface area contributed by atoms with Crippen LogP contribution in [0.4, 0.5) is 16.3 Å². The minimum Gasteiger partial charge on any atom is -0.508 e. The molecule has 0 aliphatic heterocycles. The Morgan fingerprint density at radius 2 is 1.79 bits per heavy atom. The van der Waals surface area contributed by atoms with Crippen LogP contribution in [0.15, 0.2) is 70.5 Å². The van der Waals surface area contributed by atoms with Gasteiger partial charge in [0.1, 0.15) is 12.0 Å². The van der Waals surface area contributed by atoms with Crippen LogP contribution in [0.1, 0.15) is 68.2 Å². The Hall–Kier alpha value is -5.96. The standard InChI is InChI=1S/C32H35N7O8/c1-5-13-34-30(42)24-16-35-27(19(24)3)28(36-20(4)33)39(32(44)46-17-45-31(43)21-8-10-23(40)11-9-21)25-15-22(7-6-18(25)2)29(41)37-26-12-14-47-38-26/h6-12,14-16,20,35,40H,5,13,17,33H2,1-4H3,(H,34,42)(H,37,38,41)/b36-28+. The zero-order valence-electron chi connectivity index (χ0n) is 26.2. The fourth-order valence-electron chi connectivity index (χ4n) is 4.36. The largest absolute Gasteiger partial charge is 0.508 e. The number of amides is 3. The van der Waals surface area contributed by atoms with Gasteiger partial charge in [0.15, 0.2) is 11.7 Å². The summed E-state index contributed by atoms with van der Waals surface area (Å²) in [5.74, 6) is -1.57. The van der Waals surface area contributed by atoms with Gasteiger partial charge in [0.2, 0.25) is 6.79 Å². The van der Waals surface area contributed by atoms with Crippen molar-refractivity contribution < 1.29 is 38.3 Å². The molecule has 15 heteroatoms. The first kappa shape index (κ1) is 33.9. The fourth-order valence-corrected chi connectivity index (χ4v) is 4.36. The van der Waals surface area contributed by atoms with Crippen LogP contribution >= 0.6 is 0 Å². The van der Waals surface area contributed by atoms with Gasteiger partial charge in [0.25, 0.3) is 11.8 Å². The number of aromatic hydroxyl groups is 1. The molecule has 3 amide bonds. The van der Waals surface area contributed by atoms with Gasteiger partial charge in [-0.2, -0.15) is 0 Å². The zero-order valence-corrected chi connectivity index (χ0v) is 26.2. The van der Waals surface area contributed by atoms with Crippen molar-refractivity contribution in [3.63, 3.8) is 0 Å². The number of phenolic OH excluding ortho intramolecular Hbond substituents is 1. The summed E-state index contributed by atoms with van der Waals surface area (Å²) in [5.41, 5.74) is 8.14. The van der Waals surface area contributed by atoms with Crippen LogP contribution in [0.2, 0.25) is 0 Å². The number of aliphatic imine (C=N–C) groups is 1. The van der Waals surface area contributed by atoms with Crippen LogP contribution < -0.4 is 21.3 Å². The molecule has 0 aliphatic carbocycles. The Labute approximate surface area is 269 Å². The average molecular weight is 646 g/mol. The van der Waals surface area contributed by atoms with E-state index in [1.165, 1.54) is 48.9 Å². The van der Waals surface area contributed by atoms with Crippen LogP contribution in [0.25, 0.3) is 0 Å². The van der Waals surface area contributed by atoms with E-state index < -0.39 is 30.9 Å². The molecular weight excluding hydrogens is 610 g/mol. The first-order valence-electron chi connectivity index (χ1n) is 14.6. The first-order valence-corrected chi connectivity index (χ1v) is 14.6. The SMILES string of the molecule is CCCNC(=O)c1c[nH]c(/C(=N\C(C)N)N(C(=O)OCOC(=O)c2ccc(O)cc2)c2cc(C(=O)Nc3ccon3)ccc2C)c1C. The molecule has 1 atom stereocenters. The summed E-state index contributed by atoms with van der Waals surface area (Å²) in [6.07, 6.45) is 1.65. The Balaban J connectivity index is 1.74. The molecular formula is C32H35N7O8. The van der Waals surface area contributed by atoms with Crippen molar-refractivity contribution in [2.75, 3.05) is 23.6 Å². The maximum Gasteiger partial charge on any atom is 0.423 e. The van der Waals surface area contributed by atoms with Gasteiger partial charge in [-0.05, 0) is 74.7 Å². The molecule has 4 rings (SSSR count). The van der Waals surface area contributed by atoms with E-state index in [0.717, 1.165) is 11.3 Å². The normalized spacial score (nSPS) is 11.8. The number of phenols is 1. The lowest BCUT2D eigenvalue weighted by molar-refractivity contribution is 0.0000932. The Kier molecular flexibility index (Phi) is 11.1. The van der Waals surface area contributed by atoms with E-state index in [-0.39, 0.29) is 45.8 Å². The summed E-state index contributed by atoms with van der Waals surface area (Å²) in [4.78, 5) is 61.1. The minimum atomic E-state index is -1.04. The van der Waals surface area contributed by atoms with E-state index in [1.807, 2.05) is 6.92 Å². The maximum absolute atomic E-state index is 13.9. The number of nitrogens with zero attached hydrogens (tertiary/aromatic N) is 3. The molecule has 2 heterocycles. The summed E-state index contributed by atoms with van der Waals surface area (Å²) in [5, 5.41) is 18.6. The van der Waals surface area contributed by atoms with Gasteiger partial charge in [-0.1, -0.05) is 18.1 Å². The van der Waals surface area contributed by atoms with Gasteiger partial charge in [-0.3, -0.25) is 9.59 Å². The number of anilines is 2. The molecule has 0 spiro atoms. The van der Waals surface area contributed by atoms with E-state index in [4.69, 9.17) is 19.7 Å². The number of carbonyl (C=O) groups excluding carboxylic acids is 4. The molecule has 0 saturated carbocycles. The van der Waals surface area contributed by atoms with Crippen LogP contribution in [0, 0.1) is 13.8 Å². The number of nitrogens with two attached hydrogens (primary N) is 1. The quantitative estimate of drug-likeness (QED) is 0.0677. The van der Waals surface area contributed by atoms with Crippen LogP contribution in [-0.4, -0.2) is 64.5 Å². The van der Waals surface area contributed by atoms with Crippen molar-refractivity contribution >= 4 is 41.2 Å². The van der Waals surface area contributed by atoms with Gasteiger partial charge in [-0.25, -0.2) is 19.5 Å². The Bertz CT molecular complexity index is 1760. The molecule has 47 heavy (non-hydrogen) atoms. The highest BCUT2D eigenvalue weighted by molar-refractivity contribution is 6.23. The number of hydrogen-bond donors (Lipinski definition) is 5. The third-order valence-electron chi connectivity index (χ3n) is 6.73. The minimum absolute atomic E-state index is 0.0286. The van der Waals surface area contributed by atoms with Crippen LogP contribution in [0.5, 0.6) is 5.75 Å². The molecule has 6 N–H and O–H groups in total. The lowest BCUT2D eigenvalue weighted by Gasteiger charge is -2.26. The van der Waals surface area contributed by atoms with Gasteiger partial charge >= 0.3 is 12.1 Å². The highest BCUT2D eigenvalue weighted by Gasteiger charge is 2.31. The third kappa shape index (κ3) is 8.40. The summed E-state index contributed by atoms with van der Waals surface area (Å²) in [7, 11) is 0. The van der Waals surface area contributed by atoms with Crippen molar-refractivity contribution in [2.45, 2.75) is 40.3 Å². The molecule has 246 valence electrons. The number of amidine groups is 1. The number of ether oxygens (including phenoxy) is 2. The number of aromatic amines is 1. The lowest BCUT2D eigenvalue weighted by Crippen LogP contribution is -2.41. The van der Waals surface area contributed by atoms with E-state index in [9.17, 15) is 24.3 Å². The topological polar surface area (TPSA) is 214 Å². The second-order valence-electron chi connectivity index (χ2n) is 10.3. The van der Waals surface area contributed by atoms with Crippen LogP contribution in [0.3, 0.4) is 0 Å². The van der Waals surface area contributed by atoms with Crippen molar-refractivity contribution in [1.29, 1.82) is 0 Å². The van der Waals surface area contributed by atoms with Crippen molar-refractivity contribution in [2.24, 2.45) is 10.7 Å². The number of H-pyrrole nitrogens is 1. The van der Waals surface area contributed by atoms with Gasteiger partial charge in [0.05, 0.1) is 28.7 Å². The summed E-state index contributed by atoms with van der Waals surface area (Å²) in [6, 6.07) is 11.4. The van der Waals surface area contributed by atoms with Crippen molar-refractivity contribution in [1.82, 2.24) is 15.5 Å². The molecule has 0 aliphatic rings. The van der Waals surface area contributed by atoms with E-state index in [2.05, 4.69) is 25.8 Å². The van der Waals surface area contributed by atoms with Gasteiger partial charge < -0.3 is 40.5 Å². The van der Waals surface area contributed by atoms with E-state index in [1.54, 1.807) is 32.9 Å². The lowest BCUT2D eigenvalue weighted by atomic mass is 10.1. The number of hydrogen-bond acceptors (Lipinski definition) is 11. The molecule has 0 bridgehead atoms. The number of carbonyl (C=O) groups is 4.